The Balaban J connectivity index is 2.80. The van der Waals surface area contributed by atoms with Crippen LogP contribution in [0.25, 0.3) is 0 Å². The molecule has 1 unspecified atom stereocenters. The zero-order valence-electron chi connectivity index (χ0n) is 8.59. The topological polar surface area (TPSA) is 64.1 Å². The van der Waals surface area contributed by atoms with E-state index in [1.54, 1.807) is 0 Å². The largest absolute Gasteiger partial charge is 0.418 e. The van der Waals surface area contributed by atoms with E-state index in [0.717, 1.165) is 6.07 Å². The first kappa shape index (κ1) is 12.8. The summed E-state index contributed by atoms with van der Waals surface area (Å²) in [6.07, 6.45) is -4.36. The molecule has 0 amide bonds. The summed E-state index contributed by atoms with van der Waals surface area (Å²) in [4.78, 5) is 0. The van der Waals surface area contributed by atoms with Gasteiger partial charge in [-0.25, -0.2) is 0 Å². The van der Waals surface area contributed by atoms with Gasteiger partial charge in [0.1, 0.15) is 0 Å². The number of anilines is 1. The van der Waals surface area contributed by atoms with Crippen molar-refractivity contribution < 1.29 is 13.2 Å². The van der Waals surface area contributed by atoms with Crippen molar-refractivity contribution in [1.29, 1.82) is 0 Å². The van der Waals surface area contributed by atoms with Crippen LogP contribution in [0.4, 0.5) is 18.9 Å². The van der Waals surface area contributed by atoms with E-state index in [1.165, 1.54) is 18.2 Å². The van der Waals surface area contributed by atoms with Crippen molar-refractivity contribution in [2.45, 2.75) is 12.2 Å². The molecule has 0 aliphatic carbocycles. The van der Waals surface area contributed by atoms with Gasteiger partial charge in [-0.2, -0.15) is 13.2 Å². The van der Waals surface area contributed by atoms with Crippen LogP contribution in [-0.4, -0.2) is 19.1 Å². The zero-order valence-corrected chi connectivity index (χ0v) is 8.59. The van der Waals surface area contributed by atoms with Crippen LogP contribution in [0, 0.1) is 0 Å². The Morgan fingerprint density at radius 1 is 1.25 bits per heavy atom. The van der Waals surface area contributed by atoms with Gasteiger partial charge in [-0.15, -0.1) is 0 Å². The molecule has 0 heterocycles. The van der Waals surface area contributed by atoms with E-state index in [-0.39, 0.29) is 24.8 Å². The monoisotopic (exact) mass is 233 g/mol. The van der Waals surface area contributed by atoms with Crippen LogP contribution in [0.1, 0.15) is 5.56 Å². The highest BCUT2D eigenvalue weighted by molar-refractivity contribution is 5.52. The van der Waals surface area contributed by atoms with E-state index in [4.69, 9.17) is 11.5 Å². The Hall–Kier alpha value is -1.27. The first-order chi connectivity index (χ1) is 7.45. The van der Waals surface area contributed by atoms with Gasteiger partial charge < -0.3 is 16.8 Å². The van der Waals surface area contributed by atoms with Crippen molar-refractivity contribution in [3.05, 3.63) is 29.8 Å². The maximum atomic E-state index is 12.6. The maximum Gasteiger partial charge on any atom is 0.418 e. The van der Waals surface area contributed by atoms with Gasteiger partial charge in [0.2, 0.25) is 0 Å². The Morgan fingerprint density at radius 2 is 1.88 bits per heavy atom. The standard InChI is InChI=1S/C10H14F3N3/c11-10(12,13)8-3-1-2-4-9(8)16-6-7(15)5-14/h1-4,7,16H,5-6,14-15H2. The van der Waals surface area contributed by atoms with Gasteiger partial charge >= 0.3 is 6.18 Å². The molecule has 5 N–H and O–H groups in total. The molecule has 3 nitrogen and oxygen atoms in total. The lowest BCUT2D eigenvalue weighted by Crippen LogP contribution is -2.36. The minimum atomic E-state index is -4.36. The highest BCUT2D eigenvalue weighted by Gasteiger charge is 2.33. The zero-order chi connectivity index (χ0) is 12.2. The lowest BCUT2D eigenvalue weighted by molar-refractivity contribution is -0.136. The number of halogens is 3. The first-order valence-corrected chi connectivity index (χ1v) is 4.81. The van der Waals surface area contributed by atoms with Crippen LogP contribution in [-0.2, 0) is 6.18 Å². The Kier molecular flexibility index (Phi) is 4.14. The molecule has 0 saturated heterocycles. The second kappa shape index (κ2) is 5.18. The van der Waals surface area contributed by atoms with E-state index >= 15 is 0 Å². The average molecular weight is 233 g/mol. The smallest absolute Gasteiger partial charge is 0.383 e. The Morgan fingerprint density at radius 3 is 2.44 bits per heavy atom. The molecule has 1 aromatic carbocycles. The second-order valence-corrected chi connectivity index (χ2v) is 3.42. The fourth-order valence-corrected chi connectivity index (χ4v) is 1.21. The van der Waals surface area contributed by atoms with Crippen molar-refractivity contribution in [3.8, 4) is 0 Å². The van der Waals surface area contributed by atoms with Crippen LogP contribution >= 0.6 is 0 Å². The van der Waals surface area contributed by atoms with Crippen LogP contribution in [0.3, 0.4) is 0 Å². The molecule has 16 heavy (non-hydrogen) atoms. The molecule has 0 saturated carbocycles. The molecular weight excluding hydrogens is 219 g/mol. The molecule has 0 bridgehead atoms. The summed E-state index contributed by atoms with van der Waals surface area (Å²) in [5.41, 5.74) is 10.1. The second-order valence-electron chi connectivity index (χ2n) is 3.42. The summed E-state index contributed by atoms with van der Waals surface area (Å²) >= 11 is 0. The summed E-state index contributed by atoms with van der Waals surface area (Å²) in [6, 6.07) is 4.91. The number of rotatable bonds is 4. The van der Waals surface area contributed by atoms with E-state index < -0.39 is 11.7 Å². The van der Waals surface area contributed by atoms with Gasteiger partial charge in [0.15, 0.2) is 0 Å². The fourth-order valence-electron chi connectivity index (χ4n) is 1.21. The molecule has 6 heteroatoms. The Labute approximate surface area is 91.6 Å². The van der Waals surface area contributed by atoms with Gasteiger partial charge in [0, 0.05) is 24.8 Å². The van der Waals surface area contributed by atoms with Crippen LogP contribution in [0.5, 0.6) is 0 Å². The van der Waals surface area contributed by atoms with E-state index in [2.05, 4.69) is 5.32 Å². The van der Waals surface area contributed by atoms with Gasteiger partial charge in [-0.3, -0.25) is 0 Å². The lowest BCUT2D eigenvalue weighted by atomic mass is 10.1. The molecule has 0 fully saturated rings. The van der Waals surface area contributed by atoms with E-state index in [0.29, 0.717) is 0 Å². The Bertz CT molecular complexity index is 338. The predicted molar refractivity (Wildman–Crippen MR) is 57.0 cm³/mol. The van der Waals surface area contributed by atoms with Gasteiger partial charge in [0.25, 0.3) is 0 Å². The van der Waals surface area contributed by atoms with Crippen molar-refractivity contribution >= 4 is 5.69 Å². The number of alkyl halides is 3. The van der Waals surface area contributed by atoms with Crippen LogP contribution in [0.15, 0.2) is 24.3 Å². The van der Waals surface area contributed by atoms with Crippen molar-refractivity contribution in [2.75, 3.05) is 18.4 Å². The third kappa shape index (κ3) is 3.39. The van der Waals surface area contributed by atoms with Gasteiger partial charge in [-0.1, -0.05) is 12.1 Å². The van der Waals surface area contributed by atoms with E-state index in [1.807, 2.05) is 0 Å². The lowest BCUT2D eigenvalue weighted by Gasteiger charge is -2.16. The number of hydrogen-bond acceptors (Lipinski definition) is 3. The highest BCUT2D eigenvalue weighted by atomic mass is 19.4. The fraction of sp³-hybridized carbons (Fsp3) is 0.400. The molecule has 0 aromatic heterocycles. The number of para-hydroxylation sites is 1. The maximum absolute atomic E-state index is 12.6. The predicted octanol–water partition coefficient (Wildman–Crippen LogP) is 1.40. The van der Waals surface area contributed by atoms with Crippen molar-refractivity contribution in [2.24, 2.45) is 11.5 Å². The quantitative estimate of drug-likeness (QED) is 0.736. The van der Waals surface area contributed by atoms with Gasteiger partial charge in [0.05, 0.1) is 5.56 Å². The SMILES string of the molecule is NCC(N)CNc1ccccc1C(F)(F)F. The minimum absolute atomic E-state index is 0.0268. The molecule has 0 spiro atoms. The number of hydrogen-bond donors (Lipinski definition) is 3. The summed E-state index contributed by atoms with van der Waals surface area (Å²) < 4.78 is 37.7. The normalized spacial score (nSPS) is 13.6. The molecule has 1 rings (SSSR count). The molecule has 0 radical (unpaired) electrons. The van der Waals surface area contributed by atoms with Gasteiger partial charge in [-0.05, 0) is 12.1 Å². The average Bonchev–Trinajstić information content (AvgIpc) is 2.25. The summed E-state index contributed by atoms with van der Waals surface area (Å²) in [5.74, 6) is 0. The number of nitrogens with two attached hydrogens (primary N) is 2. The highest BCUT2D eigenvalue weighted by Crippen LogP contribution is 2.34. The first-order valence-electron chi connectivity index (χ1n) is 4.81. The molecular formula is C10H14F3N3. The number of nitrogens with one attached hydrogen (secondary N) is 1. The summed E-state index contributed by atoms with van der Waals surface area (Å²) in [6.45, 7) is 0.435. The molecule has 0 aliphatic rings. The molecule has 90 valence electrons. The molecule has 1 atom stereocenters. The third-order valence-electron chi connectivity index (χ3n) is 2.09. The summed E-state index contributed by atoms with van der Waals surface area (Å²) in [7, 11) is 0. The van der Waals surface area contributed by atoms with Crippen molar-refractivity contribution in [3.63, 3.8) is 0 Å². The minimum Gasteiger partial charge on any atom is -0.383 e. The van der Waals surface area contributed by atoms with E-state index in [9.17, 15) is 13.2 Å². The van der Waals surface area contributed by atoms with Crippen LogP contribution < -0.4 is 16.8 Å². The third-order valence-corrected chi connectivity index (χ3v) is 2.09. The molecule has 1 aromatic rings. The summed E-state index contributed by atoms with van der Waals surface area (Å²) in [5, 5.41) is 2.65. The molecule has 0 aliphatic heterocycles. The van der Waals surface area contributed by atoms with Crippen molar-refractivity contribution in [1.82, 2.24) is 0 Å². The number of benzene rings is 1. The van der Waals surface area contributed by atoms with Crippen LogP contribution in [0.2, 0.25) is 0 Å².